The zero-order valence-electron chi connectivity index (χ0n) is 14.8. The van der Waals surface area contributed by atoms with E-state index in [1.54, 1.807) is 6.08 Å². The summed E-state index contributed by atoms with van der Waals surface area (Å²) < 4.78 is 16.1. The van der Waals surface area contributed by atoms with Gasteiger partial charge >= 0.3 is 23.9 Å². The number of hydrogen-bond donors (Lipinski definition) is 2. The molecule has 2 rings (SSSR count). The van der Waals surface area contributed by atoms with E-state index in [4.69, 9.17) is 14.2 Å². The van der Waals surface area contributed by atoms with Crippen LogP contribution in [0.2, 0.25) is 0 Å². The van der Waals surface area contributed by atoms with Gasteiger partial charge in [0.2, 0.25) is 12.1 Å². The number of carboxylic acids is 2. The van der Waals surface area contributed by atoms with Crippen molar-refractivity contribution in [3.63, 3.8) is 0 Å². The van der Waals surface area contributed by atoms with Crippen LogP contribution < -0.4 is 0 Å². The molecular weight excluding hydrogens is 348 g/mol. The van der Waals surface area contributed by atoms with Crippen LogP contribution in [0.5, 0.6) is 0 Å². The van der Waals surface area contributed by atoms with Crippen molar-refractivity contribution in [1.29, 1.82) is 0 Å². The van der Waals surface area contributed by atoms with Crippen LogP contribution in [0.25, 0.3) is 0 Å². The number of rotatable bonds is 5. The van der Waals surface area contributed by atoms with Gasteiger partial charge in [0.05, 0.1) is 11.8 Å². The number of carbonyl (C=O) groups is 4. The van der Waals surface area contributed by atoms with Crippen LogP contribution in [-0.4, -0.2) is 46.2 Å². The van der Waals surface area contributed by atoms with Gasteiger partial charge in [0.25, 0.3) is 0 Å². The van der Waals surface area contributed by atoms with E-state index in [-0.39, 0.29) is 19.3 Å². The molecule has 0 aromatic carbocycles. The second kappa shape index (κ2) is 7.45. The molecule has 1 aliphatic carbocycles. The summed E-state index contributed by atoms with van der Waals surface area (Å²) in [5, 5.41) is 18.8. The van der Waals surface area contributed by atoms with Gasteiger partial charge in [-0.2, -0.15) is 0 Å². The van der Waals surface area contributed by atoms with Gasteiger partial charge in [-0.05, 0) is 13.3 Å². The van der Waals surface area contributed by atoms with Crippen molar-refractivity contribution < 1.29 is 43.6 Å². The molecular formula is C17H22O9. The number of carbonyl (C=O) groups excluding carboxylic acids is 2. The monoisotopic (exact) mass is 370 g/mol. The van der Waals surface area contributed by atoms with E-state index in [9.17, 15) is 29.4 Å². The van der Waals surface area contributed by atoms with Gasteiger partial charge in [0.15, 0.2) is 0 Å². The van der Waals surface area contributed by atoms with Gasteiger partial charge in [-0.3, -0.25) is 23.9 Å². The summed E-state index contributed by atoms with van der Waals surface area (Å²) in [5.41, 5.74) is 0.354. The van der Waals surface area contributed by atoms with E-state index in [2.05, 4.69) is 0 Å². The second-order valence-electron chi connectivity index (χ2n) is 6.61. The van der Waals surface area contributed by atoms with Crippen molar-refractivity contribution in [2.45, 2.75) is 52.1 Å². The maximum Gasteiger partial charge on any atom is 0.311 e. The molecule has 144 valence electrons. The van der Waals surface area contributed by atoms with Crippen LogP contribution >= 0.6 is 0 Å². The van der Waals surface area contributed by atoms with Crippen molar-refractivity contribution in [2.75, 3.05) is 0 Å². The predicted molar refractivity (Wildman–Crippen MR) is 84.5 cm³/mol. The summed E-state index contributed by atoms with van der Waals surface area (Å²) >= 11 is 0. The molecule has 1 saturated heterocycles. The van der Waals surface area contributed by atoms with Gasteiger partial charge in [0.1, 0.15) is 0 Å². The molecule has 9 nitrogen and oxygen atoms in total. The fourth-order valence-electron chi connectivity index (χ4n) is 3.73. The smallest absolute Gasteiger partial charge is 0.311 e. The van der Waals surface area contributed by atoms with E-state index in [0.29, 0.717) is 5.57 Å². The van der Waals surface area contributed by atoms with E-state index < -0.39 is 53.7 Å². The molecule has 1 aliphatic heterocycles. The largest absolute Gasteiger partial charge is 0.481 e. The third kappa shape index (κ3) is 4.04. The molecule has 5 unspecified atom stereocenters. The van der Waals surface area contributed by atoms with Crippen LogP contribution in [0.15, 0.2) is 11.6 Å². The lowest BCUT2D eigenvalue weighted by Crippen LogP contribution is -2.47. The molecule has 1 fully saturated rings. The van der Waals surface area contributed by atoms with Crippen molar-refractivity contribution >= 4 is 23.9 Å². The SMILES string of the molecule is CC(=O)OC1CCC(OC(C)=O)(C2C=C(C)C(C(=O)O)C(C(=O)O)C2)O1. The summed E-state index contributed by atoms with van der Waals surface area (Å²) in [6.07, 6.45) is 1.06. The Balaban J connectivity index is 2.37. The van der Waals surface area contributed by atoms with E-state index in [1.807, 2.05) is 0 Å². The number of ether oxygens (including phenoxy) is 3. The summed E-state index contributed by atoms with van der Waals surface area (Å²) in [5.74, 6) is -8.19. The highest BCUT2D eigenvalue weighted by Crippen LogP contribution is 2.46. The zero-order valence-corrected chi connectivity index (χ0v) is 14.8. The average molecular weight is 370 g/mol. The van der Waals surface area contributed by atoms with E-state index in [1.165, 1.54) is 20.8 Å². The highest BCUT2D eigenvalue weighted by atomic mass is 16.8. The molecule has 0 bridgehead atoms. The lowest BCUT2D eigenvalue weighted by Gasteiger charge is -2.39. The summed E-state index contributed by atoms with van der Waals surface area (Å²) in [7, 11) is 0. The highest BCUT2D eigenvalue weighted by molar-refractivity contribution is 5.83. The van der Waals surface area contributed by atoms with Crippen molar-refractivity contribution in [3.8, 4) is 0 Å². The lowest BCUT2D eigenvalue weighted by atomic mass is 9.71. The Morgan fingerprint density at radius 3 is 2.31 bits per heavy atom. The third-order valence-corrected chi connectivity index (χ3v) is 4.69. The summed E-state index contributed by atoms with van der Waals surface area (Å²) in [6, 6.07) is 0. The molecule has 5 atom stereocenters. The molecule has 0 aromatic rings. The Kier molecular flexibility index (Phi) is 5.70. The van der Waals surface area contributed by atoms with Crippen LogP contribution in [0.1, 0.15) is 40.0 Å². The second-order valence-corrected chi connectivity index (χ2v) is 6.61. The van der Waals surface area contributed by atoms with Crippen molar-refractivity contribution in [3.05, 3.63) is 11.6 Å². The molecule has 0 aromatic heterocycles. The standard InChI is InChI=1S/C17H22O9/c1-8-6-11(7-12(15(20)21)14(8)16(22)23)17(25-10(3)19)5-4-13(26-17)24-9(2)18/h6,11-14H,4-5,7H2,1-3H3,(H,20,21)(H,22,23). The van der Waals surface area contributed by atoms with Crippen LogP contribution in [-0.2, 0) is 33.4 Å². The van der Waals surface area contributed by atoms with Gasteiger partial charge in [0, 0.05) is 32.6 Å². The third-order valence-electron chi connectivity index (χ3n) is 4.69. The fourth-order valence-corrected chi connectivity index (χ4v) is 3.73. The van der Waals surface area contributed by atoms with Crippen molar-refractivity contribution in [1.82, 2.24) is 0 Å². The molecule has 0 amide bonds. The number of esters is 2. The van der Waals surface area contributed by atoms with Gasteiger partial charge in [-0.25, -0.2) is 0 Å². The molecule has 0 saturated carbocycles. The average Bonchev–Trinajstić information content (AvgIpc) is 2.88. The Hall–Kier alpha value is -2.42. The van der Waals surface area contributed by atoms with Crippen LogP contribution in [0.3, 0.4) is 0 Å². The summed E-state index contributed by atoms with van der Waals surface area (Å²) in [4.78, 5) is 45.8. The molecule has 2 aliphatic rings. The van der Waals surface area contributed by atoms with Crippen LogP contribution in [0.4, 0.5) is 0 Å². The van der Waals surface area contributed by atoms with Crippen LogP contribution in [0, 0.1) is 17.8 Å². The van der Waals surface area contributed by atoms with E-state index in [0.717, 1.165) is 0 Å². The summed E-state index contributed by atoms with van der Waals surface area (Å²) in [6.45, 7) is 3.94. The van der Waals surface area contributed by atoms with Crippen molar-refractivity contribution in [2.24, 2.45) is 17.8 Å². The van der Waals surface area contributed by atoms with Gasteiger partial charge in [-0.1, -0.05) is 11.6 Å². The molecule has 26 heavy (non-hydrogen) atoms. The zero-order chi connectivity index (χ0) is 19.6. The number of hydrogen-bond acceptors (Lipinski definition) is 7. The molecule has 0 radical (unpaired) electrons. The fraction of sp³-hybridized carbons (Fsp3) is 0.647. The minimum absolute atomic E-state index is 0.0797. The topological polar surface area (TPSA) is 136 Å². The Bertz CT molecular complexity index is 653. The maximum absolute atomic E-state index is 11.6. The van der Waals surface area contributed by atoms with Gasteiger partial charge < -0.3 is 19.7 Å². The normalized spacial score (nSPS) is 33.9. The maximum atomic E-state index is 11.6. The van der Waals surface area contributed by atoms with Gasteiger partial charge in [-0.15, -0.1) is 0 Å². The molecule has 0 spiro atoms. The Morgan fingerprint density at radius 2 is 1.81 bits per heavy atom. The lowest BCUT2D eigenvalue weighted by molar-refractivity contribution is -0.273. The van der Waals surface area contributed by atoms with E-state index >= 15 is 0 Å². The number of aliphatic carboxylic acids is 2. The first kappa shape index (κ1) is 19.9. The first-order chi connectivity index (χ1) is 12.1. The molecule has 2 N–H and O–H groups in total. The Labute approximate surface area is 149 Å². The first-order valence-corrected chi connectivity index (χ1v) is 8.24. The molecule has 1 heterocycles. The Morgan fingerprint density at radius 1 is 1.15 bits per heavy atom. The minimum atomic E-state index is -1.50. The first-order valence-electron chi connectivity index (χ1n) is 8.24. The highest BCUT2D eigenvalue weighted by Gasteiger charge is 2.54. The molecule has 9 heteroatoms. The quantitative estimate of drug-likeness (QED) is 0.542. The minimum Gasteiger partial charge on any atom is -0.481 e. The number of carboxylic acid groups (broad SMARTS) is 2. The predicted octanol–water partition coefficient (Wildman–Crippen LogP) is 1.31.